The largest absolute Gasteiger partial charge is 0.356 e. The molecule has 202 valence electrons. The van der Waals surface area contributed by atoms with Gasteiger partial charge in [0, 0.05) is 0 Å². The Bertz CT molecular complexity index is 1260. The van der Waals surface area contributed by atoms with Gasteiger partial charge in [-0.15, -0.1) is 11.8 Å². The number of benzene rings is 3. The normalized spacial score (nSPS) is 18.8. The van der Waals surface area contributed by atoms with Crippen molar-refractivity contribution in [3.05, 3.63) is 108 Å². The van der Waals surface area contributed by atoms with Gasteiger partial charge in [-0.25, -0.2) is 0 Å². The molecule has 4 rings (SSSR count). The lowest BCUT2D eigenvalue weighted by molar-refractivity contribution is -0.144. The Kier molecular flexibility index (Phi) is 8.01. The van der Waals surface area contributed by atoms with Crippen molar-refractivity contribution in [2.75, 3.05) is 12.9 Å². The molecule has 2 unspecified atom stereocenters. The van der Waals surface area contributed by atoms with Crippen LogP contribution in [0.25, 0.3) is 0 Å². The highest BCUT2D eigenvalue weighted by Gasteiger charge is 2.60. The average Bonchev–Trinajstić information content (AvgIpc) is 2.86. The van der Waals surface area contributed by atoms with Gasteiger partial charge in [0.2, 0.25) is 5.91 Å². The van der Waals surface area contributed by atoms with Crippen molar-refractivity contribution in [1.82, 2.24) is 4.57 Å². The van der Waals surface area contributed by atoms with E-state index in [0.29, 0.717) is 0 Å². The molecule has 5 nitrogen and oxygen atoms in total. The minimum atomic E-state index is -3.69. The van der Waals surface area contributed by atoms with E-state index in [9.17, 15) is 13.2 Å². The summed E-state index contributed by atoms with van der Waals surface area (Å²) in [6.45, 7) is 10.9. The molecule has 8 heteroatoms. The summed E-state index contributed by atoms with van der Waals surface area (Å²) in [6, 6.07) is 31.0. The summed E-state index contributed by atoms with van der Waals surface area (Å²) in [5.41, 5.74) is 3.29. The van der Waals surface area contributed by atoms with Crippen LogP contribution in [0.1, 0.15) is 37.5 Å². The Morgan fingerprint density at radius 1 is 0.816 bits per heavy atom. The minimum Gasteiger partial charge on any atom is -0.356 e. The van der Waals surface area contributed by atoms with Gasteiger partial charge in [-0.3, -0.25) is 8.98 Å². The quantitative estimate of drug-likeness (QED) is 0.128. The molecule has 0 spiro atoms. The molecule has 1 heterocycles. The number of hydrogen-bond donors (Lipinski definition) is 0. The Morgan fingerprint density at radius 2 is 1.21 bits per heavy atom. The van der Waals surface area contributed by atoms with Gasteiger partial charge in [0.25, 0.3) is 10.1 Å². The summed E-state index contributed by atoms with van der Waals surface area (Å²) in [4.78, 5) is 13.8. The number of amides is 1. The van der Waals surface area contributed by atoms with Crippen LogP contribution in [-0.4, -0.2) is 45.4 Å². The van der Waals surface area contributed by atoms with Crippen molar-refractivity contribution < 1.29 is 17.4 Å². The highest BCUT2D eigenvalue weighted by Crippen LogP contribution is 2.57. The lowest BCUT2D eigenvalue weighted by Gasteiger charge is -2.59. The summed E-state index contributed by atoms with van der Waals surface area (Å²) in [5, 5.41) is -0.357. The maximum absolute atomic E-state index is 13.8. The topological polar surface area (TPSA) is 63.7 Å². The van der Waals surface area contributed by atoms with E-state index < -0.39 is 29.0 Å². The first-order valence-electron chi connectivity index (χ1n) is 12.8. The van der Waals surface area contributed by atoms with Crippen LogP contribution in [-0.2, 0) is 23.8 Å². The number of thioether (sulfide) groups is 1. The fraction of sp³-hybridized carbons (Fsp3) is 0.367. The van der Waals surface area contributed by atoms with E-state index in [0.717, 1.165) is 22.9 Å². The van der Waals surface area contributed by atoms with E-state index in [1.165, 1.54) is 0 Å². The lowest BCUT2D eigenvalue weighted by atomic mass is 9.84. The smallest absolute Gasteiger partial charge is 0.264 e. The third kappa shape index (κ3) is 5.37. The number of carbonyl (C=O) groups excluding carboxylic acids is 1. The van der Waals surface area contributed by atoms with Crippen molar-refractivity contribution in [3.63, 3.8) is 0 Å². The van der Waals surface area contributed by atoms with Crippen LogP contribution in [0.2, 0.25) is 18.1 Å². The summed E-state index contributed by atoms with van der Waals surface area (Å²) in [5.74, 6) is -0.597. The van der Waals surface area contributed by atoms with Crippen LogP contribution in [0.4, 0.5) is 0 Å². The molecule has 0 bridgehead atoms. The van der Waals surface area contributed by atoms with Crippen LogP contribution in [0, 0.1) is 5.92 Å². The van der Waals surface area contributed by atoms with Gasteiger partial charge >= 0.3 is 0 Å². The van der Waals surface area contributed by atoms with Crippen LogP contribution >= 0.6 is 11.8 Å². The standard InChI is InChI=1S/C30H37NO4S2Si/c1-29(2,3)38(5,6)31-27(32)26(22-35-37(4,33)34)28(31)36-30(23-16-10-7-11-17-23,24-18-12-8-13-19-24)25-20-14-9-15-21-25/h7-21,26,28H,22H2,1-6H3. The van der Waals surface area contributed by atoms with Crippen molar-refractivity contribution in [2.45, 2.75) is 49.0 Å². The van der Waals surface area contributed by atoms with Crippen LogP contribution in [0.3, 0.4) is 0 Å². The second kappa shape index (κ2) is 10.6. The predicted molar refractivity (Wildman–Crippen MR) is 159 cm³/mol. The molecular weight excluding hydrogens is 531 g/mol. The second-order valence-electron chi connectivity index (χ2n) is 11.4. The summed E-state index contributed by atoms with van der Waals surface area (Å²) < 4.78 is 30.5. The fourth-order valence-electron chi connectivity index (χ4n) is 4.87. The van der Waals surface area contributed by atoms with Gasteiger partial charge in [-0.1, -0.05) is 125 Å². The molecule has 0 aromatic heterocycles. The van der Waals surface area contributed by atoms with Crippen molar-refractivity contribution in [3.8, 4) is 0 Å². The summed E-state index contributed by atoms with van der Waals surface area (Å²) >= 11 is 1.72. The Labute approximate surface area is 232 Å². The summed E-state index contributed by atoms with van der Waals surface area (Å²) in [7, 11) is -6.00. The number of nitrogens with zero attached hydrogens (tertiary/aromatic N) is 1. The molecule has 1 aliphatic rings. The lowest BCUT2D eigenvalue weighted by Crippen LogP contribution is -2.73. The van der Waals surface area contributed by atoms with Crippen molar-refractivity contribution in [2.24, 2.45) is 5.92 Å². The molecule has 1 saturated heterocycles. The van der Waals surface area contributed by atoms with Crippen molar-refractivity contribution in [1.29, 1.82) is 0 Å². The van der Waals surface area contributed by atoms with E-state index in [4.69, 9.17) is 4.18 Å². The van der Waals surface area contributed by atoms with E-state index in [1.807, 2.05) is 54.6 Å². The van der Waals surface area contributed by atoms with E-state index >= 15 is 0 Å². The first-order valence-corrected chi connectivity index (χ1v) is 18.5. The van der Waals surface area contributed by atoms with Gasteiger partial charge < -0.3 is 4.57 Å². The Morgan fingerprint density at radius 3 is 1.55 bits per heavy atom. The zero-order valence-electron chi connectivity index (χ0n) is 22.9. The molecule has 0 saturated carbocycles. The first-order chi connectivity index (χ1) is 17.8. The zero-order valence-corrected chi connectivity index (χ0v) is 25.6. The molecule has 2 atom stereocenters. The van der Waals surface area contributed by atoms with Crippen LogP contribution < -0.4 is 0 Å². The third-order valence-electron chi connectivity index (χ3n) is 7.89. The Hall–Kier alpha value is -2.39. The predicted octanol–water partition coefficient (Wildman–Crippen LogP) is 6.48. The average molecular weight is 568 g/mol. The van der Waals surface area contributed by atoms with E-state index in [2.05, 4.69) is 74.8 Å². The SMILES string of the molecule is CC(C)(C)[Si](C)(C)N1C(=O)C(COS(C)(=O)=O)C1SC(c1ccccc1)(c1ccccc1)c1ccccc1. The maximum Gasteiger partial charge on any atom is 0.264 e. The molecule has 1 aliphatic heterocycles. The highest BCUT2D eigenvalue weighted by molar-refractivity contribution is 8.01. The first kappa shape index (κ1) is 28.6. The highest BCUT2D eigenvalue weighted by atomic mass is 32.2. The molecule has 0 radical (unpaired) electrons. The monoisotopic (exact) mass is 567 g/mol. The maximum atomic E-state index is 13.8. The van der Waals surface area contributed by atoms with Gasteiger partial charge in [-0.2, -0.15) is 8.42 Å². The van der Waals surface area contributed by atoms with Gasteiger partial charge in [-0.05, 0) is 21.7 Å². The van der Waals surface area contributed by atoms with E-state index in [1.54, 1.807) is 11.8 Å². The molecule has 1 fully saturated rings. The van der Waals surface area contributed by atoms with Gasteiger partial charge in [0.1, 0.15) is 0 Å². The number of carbonyl (C=O) groups is 1. The molecule has 3 aromatic rings. The zero-order chi connectivity index (χ0) is 27.8. The number of β-lactam (4-membered cyclic amide) rings is 1. The molecule has 0 N–H and O–H groups in total. The number of hydrogen-bond acceptors (Lipinski definition) is 5. The van der Waals surface area contributed by atoms with Crippen molar-refractivity contribution >= 4 is 36.0 Å². The second-order valence-corrected chi connectivity index (χ2v) is 19.5. The molecular formula is C30H37NO4S2Si. The van der Waals surface area contributed by atoms with Crippen LogP contribution in [0.15, 0.2) is 91.0 Å². The number of rotatable bonds is 9. The van der Waals surface area contributed by atoms with Crippen LogP contribution in [0.5, 0.6) is 0 Å². The Balaban J connectivity index is 1.93. The molecule has 3 aromatic carbocycles. The fourth-order valence-corrected chi connectivity index (χ4v) is 10.2. The van der Waals surface area contributed by atoms with Gasteiger partial charge in [0.15, 0.2) is 8.24 Å². The molecule has 0 aliphatic carbocycles. The van der Waals surface area contributed by atoms with E-state index in [-0.39, 0.29) is 22.9 Å². The molecule has 38 heavy (non-hydrogen) atoms. The molecule has 1 amide bonds. The minimum absolute atomic E-state index is 0.0270. The summed E-state index contributed by atoms with van der Waals surface area (Å²) in [6.07, 6.45) is 1.03. The van der Waals surface area contributed by atoms with Gasteiger partial charge in [0.05, 0.1) is 28.9 Å². The third-order valence-corrected chi connectivity index (χ3v) is 15.9.